The van der Waals surface area contributed by atoms with Gasteiger partial charge >= 0.3 is 0 Å². The Morgan fingerprint density at radius 3 is 2.20 bits per heavy atom. The van der Waals surface area contributed by atoms with E-state index in [9.17, 15) is 4.39 Å². The molecule has 0 saturated carbocycles. The lowest BCUT2D eigenvalue weighted by Crippen LogP contribution is -2.24. The molecular formula is C20H16FN3S. The van der Waals surface area contributed by atoms with Crippen LogP contribution >= 0.6 is 12.2 Å². The third-order valence-electron chi connectivity index (χ3n) is 3.52. The molecule has 0 aliphatic carbocycles. The summed E-state index contributed by atoms with van der Waals surface area (Å²) in [6.45, 7) is 0. The average molecular weight is 349 g/mol. The van der Waals surface area contributed by atoms with Gasteiger partial charge in [0.1, 0.15) is 5.82 Å². The quantitative estimate of drug-likeness (QED) is 0.403. The molecular weight excluding hydrogens is 333 g/mol. The van der Waals surface area contributed by atoms with Crippen molar-refractivity contribution in [1.82, 2.24) is 5.43 Å². The number of hydrazone groups is 1. The molecule has 3 aromatic rings. The van der Waals surface area contributed by atoms with Gasteiger partial charge in [0, 0.05) is 0 Å². The van der Waals surface area contributed by atoms with Crippen LogP contribution < -0.4 is 10.7 Å². The number of hydrogen-bond donors (Lipinski definition) is 2. The van der Waals surface area contributed by atoms with E-state index in [1.54, 1.807) is 24.4 Å². The molecule has 124 valence electrons. The highest BCUT2D eigenvalue weighted by atomic mass is 32.1. The van der Waals surface area contributed by atoms with Crippen molar-refractivity contribution >= 4 is 29.2 Å². The summed E-state index contributed by atoms with van der Waals surface area (Å²) in [6.07, 6.45) is 1.66. The first-order valence-corrected chi connectivity index (χ1v) is 8.13. The van der Waals surface area contributed by atoms with Gasteiger partial charge in [0.25, 0.3) is 0 Å². The summed E-state index contributed by atoms with van der Waals surface area (Å²) in [5.41, 5.74) is 6.22. The fourth-order valence-electron chi connectivity index (χ4n) is 2.27. The van der Waals surface area contributed by atoms with Crippen LogP contribution in [0, 0.1) is 5.82 Å². The number of nitrogens with one attached hydrogen (secondary N) is 2. The molecule has 25 heavy (non-hydrogen) atoms. The molecule has 0 radical (unpaired) electrons. The van der Waals surface area contributed by atoms with Crippen molar-refractivity contribution in [2.75, 3.05) is 5.32 Å². The molecule has 0 aliphatic rings. The van der Waals surface area contributed by atoms with Crippen molar-refractivity contribution in [3.63, 3.8) is 0 Å². The monoisotopic (exact) mass is 349 g/mol. The average Bonchev–Trinajstić information content (AvgIpc) is 2.65. The molecule has 0 amide bonds. The molecule has 0 saturated heterocycles. The highest BCUT2D eigenvalue weighted by molar-refractivity contribution is 7.80. The topological polar surface area (TPSA) is 36.4 Å². The lowest BCUT2D eigenvalue weighted by atomic mass is 10.0. The van der Waals surface area contributed by atoms with E-state index in [0.717, 1.165) is 11.1 Å². The standard InChI is InChI=1S/C20H16FN3S/c21-18-8-4-5-9-19(18)23-20(25)24-22-14-15-10-12-17(13-11-15)16-6-2-1-3-7-16/h1-14H,(H2,23,24,25)/b22-14-. The van der Waals surface area contributed by atoms with Crippen LogP contribution in [0.4, 0.5) is 10.1 Å². The first-order chi connectivity index (χ1) is 12.2. The lowest BCUT2D eigenvalue weighted by Gasteiger charge is -2.07. The maximum atomic E-state index is 13.5. The summed E-state index contributed by atoms with van der Waals surface area (Å²) in [5, 5.41) is 7.05. The van der Waals surface area contributed by atoms with E-state index in [1.807, 2.05) is 42.5 Å². The molecule has 0 fully saturated rings. The number of hydrogen-bond acceptors (Lipinski definition) is 2. The minimum absolute atomic E-state index is 0.224. The van der Waals surface area contributed by atoms with Gasteiger partial charge in [0.15, 0.2) is 5.11 Å². The largest absolute Gasteiger partial charge is 0.329 e. The number of thiocarbonyl (C=S) groups is 1. The van der Waals surface area contributed by atoms with Crippen molar-refractivity contribution in [2.24, 2.45) is 5.10 Å². The van der Waals surface area contributed by atoms with E-state index in [2.05, 4.69) is 28.0 Å². The summed E-state index contributed by atoms with van der Waals surface area (Å²) in [7, 11) is 0. The Balaban J connectivity index is 1.57. The molecule has 0 aliphatic heterocycles. The van der Waals surface area contributed by atoms with Crippen LogP contribution in [0.3, 0.4) is 0 Å². The summed E-state index contributed by atoms with van der Waals surface area (Å²) in [6, 6.07) is 24.5. The second-order valence-corrected chi connectivity index (χ2v) is 5.70. The Morgan fingerprint density at radius 1 is 0.840 bits per heavy atom. The molecule has 0 atom stereocenters. The predicted molar refractivity (Wildman–Crippen MR) is 105 cm³/mol. The molecule has 3 aromatic carbocycles. The van der Waals surface area contributed by atoms with E-state index < -0.39 is 0 Å². The van der Waals surface area contributed by atoms with E-state index in [1.165, 1.54) is 11.6 Å². The van der Waals surface area contributed by atoms with E-state index >= 15 is 0 Å². The van der Waals surface area contributed by atoms with Gasteiger partial charge in [-0.05, 0) is 41.0 Å². The van der Waals surface area contributed by atoms with E-state index in [4.69, 9.17) is 12.2 Å². The van der Waals surface area contributed by atoms with E-state index in [0.29, 0.717) is 5.69 Å². The number of anilines is 1. The van der Waals surface area contributed by atoms with Crippen LogP contribution in [0.1, 0.15) is 5.56 Å². The van der Waals surface area contributed by atoms with Crippen molar-refractivity contribution in [1.29, 1.82) is 0 Å². The molecule has 0 spiro atoms. The van der Waals surface area contributed by atoms with Crippen LogP contribution in [0.25, 0.3) is 11.1 Å². The van der Waals surface area contributed by atoms with Crippen LogP contribution in [-0.2, 0) is 0 Å². The zero-order chi connectivity index (χ0) is 17.5. The lowest BCUT2D eigenvalue weighted by molar-refractivity contribution is 0.632. The van der Waals surface area contributed by atoms with Gasteiger partial charge in [-0.3, -0.25) is 5.43 Å². The van der Waals surface area contributed by atoms with Crippen molar-refractivity contribution in [2.45, 2.75) is 0 Å². The SMILES string of the molecule is Fc1ccccc1NC(=S)N/N=C\c1ccc(-c2ccccc2)cc1. The minimum atomic E-state index is -0.368. The highest BCUT2D eigenvalue weighted by Gasteiger charge is 2.01. The minimum Gasteiger partial charge on any atom is -0.329 e. The number of para-hydroxylation sites is 1. The summed E-state index contributed by atoms with van der Waals surface area (Å²) >= 11 is 5.09. The van der Waals surface area contributed by atoms with Gasteiger partial charge in [0.2, 0.25) is 0 Å². The molecule has 0 unspecified atom stereocenters. The summed E-state index contributed by atoms with van der Waals surface area (Å²) < 4.78 is 13.5. The molecule has 3 nitrogen and oxygen atoms in total. The predicted octanol–water partition coefficient (Wildman–Crippen LogP) is 4.81. The Kier molecular flexibility index (Phi) is 5.49. The zero-order valence-corrected chi connectivity index (χ0v) is 14.1. The highest BCUT2D eigenvalue weighted by Crippen LogP contribution is 2.18. The molecule has 0 heterocycles. The van der Waals surface area contributed by atoms with E-state index in [-0.39, 0.29) is 10.9 Å². The van der Waals surface area contributed by atoms with Crippen LogP contribution in [-0.4, -0.2) is 11.3 Å². The van der Waals surface area contributed by atoms with Crippen LogP contribution in [0.2, 0.25) is 0 Å². The number of nitrogens with zero attached hydrogens (tertiary/aromatic N) is 1. The summed E-state index contributed by atoms with van der Waals surface area (Å²) in [5.74, 6) is -0.368. The van der Waals surface area contributed by atoms with Crippen LogP contribution in [0.5, 0.6) is 0 Å². The van der Waals surface area contributed by atoms with Gasteiger partial charge in [-0.25, -0.2) is 4.39 Å². The third kappa shape index (κ3) is 4.71. The first-order valence-electron chi connectivity index (χ1n) is 7.72. The van der Waals surface area contributed by atoms with Crippen molar-refractivity contribution < 1.29 is 4.39 Å². The normalized spacial score (nSPS) is 10.6. The zero-order valence-electron chi connectivity index (χ0n) is 13.3. The first kappa shape index (κ1) is 16.8. The van der Waals surface area contributed by atoms with Gasteiger partial charge in [-0.1, -0.05) is 66.7 Å². The van der Waals surface area contributed by atoms with Crippen molar-refractivity contribution in [3.05, 3.63) is 90.2 Å². The maximum absolute atomic E-state index is 13.5. The van der Waals surface area contributed by atoms with Crippen LogP contribution in [0.15, 0.2) is 84.0 Å². The molecule has 2 N–H and O–H groups in total. The van der Waals surface area contributed by atoms with Gasteiger partial charge in [0.05, 0.1) is 11.9 Å². The summed E-state index contributed by atoms with van der Waals surface area (Å²) in [4.78, 5) is 0. The smallest absolute Gasteiger partial charge is 0.191 e. The maximum Gasteiger partial charge on any atom is 0.191 e. The van der Waals surface area contributed by atoms with Gasteiger partial charge in [-0.15, -0.1) is 0 Å². The number of rotatable bonds is 4. The Labute approximate surface area is 151 Å². The third-order valence-corrected chi connectivity index (χ3v) is 3.71. The van der Waals surface area contributed by atoms with Gasteiger partial charge < -0.3 is 5.32 Å². The molecule has 5 heteroatoms. The fourth-order valence-corrected chi connectivity index (χ4v) is 2.43. The Bertz CT molecular complexity index is 877. The number of benzene rings is 3. The number of halogens is 1. The second-order valence-electron chi connectivity index (χ2n) is 5.29. The van der Waals surface area contributed by atoms with Crippen molar-refractivity contribution in [3.8, 4) is 11.1 Å². The fraction of sp³-hybridized carbons (Fsp3) is 0. The second kappa shape index (κ2) is 8.17. The Hall–Kier alpha value is -3.05. The molecule has 0 aromatic heterocycles. The molecule has 0 bridgehead atoms. The molecule has 3 rings (SSSR count). The van der Waals surface area contributed by atoms with Gasteiger partial charge in [-0.2, -0.15) is 5.10 Å². The Morgan fingerprint density at radius 2 is 1.48 bits per heavy atom.